The molecular weight excluding hydrogens is 801 g/mol. The molecule has 0 saturated heterocycles. The van der Waals surface area contributed by atoms with E-state index in [1.807, 2.05) is 20.3 Å². The number of hydrogen-bond donors (Lipinski definition) is 2. The zero-order chi connectivity index (χ0) is 46.8. The van der Waals surface area contributed by atoms with Crippen LogP contribution in [0, 0.1) is 11.5 Å². The normalized spacial score (nSPS) is 11.8. The Morgan fingerprint density at radius 2 is 0.969 bits per heavy atom. The molecule has 0 bridgehead atoms. The molecule has 0 aliphatic heterocycles. The number of guanidine groups is 1. The topological polar surface area (TPSA) is 129 Å². The lowest BCUT2D eigenvalue weighted by molar-refractivity contribution is -0.150. The van der Waals surface area contributed by atoms with E-state index in [0.29, 0.717) is 45.2 Å². The van der Waals surface area contributed by atoms with Gasteiger partial charge in [-0.05, 0) is 97.9 Å². The van der Waals surface area contributed by atoms with Crippen LogP contribution in [0.2, 0.25) is 0 Å². The van der Waals surface area contributed by atoms with Gasteiger partial charge in [-0.25, -0.2) is 0 Å². The molecule has 0 saturated carbocycles. The number of ether oxygens (including phenoxy) is 3. The van der Waals surface area contributed by atoms with Crippen LogP contribution in [0.5, 0.6) is 0 Å². The van der Waals surface area contributed by atoms with E-state index in [4.69, 9.17) is 14.2 Å². The summed E-state index contributed by atoms with van der Waals surface area (Å²) in [4.78, 5) is 33.7. The Morgan fingerprint density at radius 1 is 0.516 bits per heavy atom. The van der Waals surface area contributed by atoms with Crippen molar-refractivity contribution in [3.63, 3.8) is 0 Å². The summed E-state index contributed by atoms with van der Waals surface area (Å²) in [5.41, 5.74) is 0. The molecule has 376 valence electrons. The van der Waals surface area contributed by atoms with Crippen LogP contribution < -0.4 is 10.6 Å². The van der Waals surface area contributed by atoms with Crippen LogP contribution >= 0.6 is 0 Å². The van der Waals surface area contributed by atoms with Crippen LogP contribution in [-0.4, -0.2) is 107 Å². The molecule has 11 nitrogen and oxygen atoms in total. The molecule has 0 amide bonds. The first kappa shape index (κ1) is 61.6. The van der Waals surface area contributed by atoms with Crippen molar-refractivity contribution in [2.75, 3.05) is 73.2 Å². The molecule has 0 heterocycles. The largest absolute Gasteiger partial charge is 0.466 e. The summed E-state index contributed by atoms with van der Waals surface area (Å²) in [6.07, 6.45) is 40.8. The zero-order valence-corrected chi connectivity index (χ0v) is 42.8. The summed E-state index contributed by atoms with van der Waals surface area (Å²) >= 11 is 0. The molecule has 0 aromatic rings. The van der Waals surface area contributed by atoms with Crippen molar-refractivity contribution >= 4 is 17.9 Å². The summed E-state index contributed by atoms with van der Waals surface area (Å²) in [5, 5.41) is 15.7. The Kier molecular flexibility index (Phi) is 48.1. The van der Waals surface area contributed by atoms with Crippen molar-refractivity contribution < 1.29 is 23.8 Å². The molecule has 0 spiro atoms. The van der Waals surface area contributed by atoms with Crippen molar-refractivity contribution in [1.29, 1.82) is 5.26 Å². The predicted octanol–water partition coefficient (Wildman–Crippen LogP) is 12.7. The van der Waals surface area contributed by atoms with E-state index in [-0.39, 0.29) is 18.0 Å². The van der Waals surface area contributed by atoms with Gasteiger partial charge in [0.05, 0.1) is 19.8 Å². The zero-order valence-electron chi connectivity index (χ0n) is 42.8. The molecular formula is C53H104N6O5. The minimum atomic E-state index is -0.0385. The fraction of sp³-hybridized carbons (Fsp3) is 0.925. The van der Waals surface area contributed by atoms with E-state index >= 15 is 0 Å². The Bertz CT molecular complexity index is 1070. The number of hydrogen-bond acceptors (Lipinski definition) is 9. The predicted molar refractivity (Wildman–Crippen MR) is 270 cm³/mol. The second-order valence-electron chi connectivity index (χ2n) is 18.6. The molecule has 0 radical (unpaired) electrons. The SMILES string of the molecule is CCCCCCCCCOC(=O)CCCCCCCN(CCCCCCCC(=O)OC(CCCCCCCC)CCCCCCCC)CCCN/C(=N/C#N)NCCOCCN(C)C. The van der Waals surface area contributed by atoms with E-state index in [2.05, 4.69) is 46.2 Å². The smallest absolute Gasteiger partial charge is 0.306 e. The van der Waals surface area contributed by atoms with E-state index in [9.17, 15) is 14.9 Å². The average Bonchev–Trinajstić information content (AvgIpc) is 3.28. The summed E-state index contributed by atoms with van der Waals surface area (Å²) in [6.45, 7) is 13.9. The Balaban J connectivity index is 4.68. The highest BCUT2D eigenvalue weighted by Gasteiger charge is 2.15. The van der Waals surface area contributed by atoms with E-state index in [1.54, 1.807) is 0 Å². The standard InChI is InChI=1S/C53H104N6O5/c1-6-9-12-15-18-27-34-46-63-51(60)38-30-23-19-25-32-42-59(44-35-40-55-53(57-49-54)56-41-47-62-48-45-58(4)5)43-33-26-20-24-31-39-52(61)64-50(36-28-21-16-13-10-7-2)37-29-22-17-14-11-8-3/h50H,6-48H2,1-5H3,(H2,55,56,57). The highest BCUT2D eigenvalue weighted by molar-refractivity contribution is 5.80. The number of carbonyl (C=O) groups excluding carboxylic acids is 2. The first-order valence-corrected chi connectivity index (χ1v) is 27.1. The van der Waals surface area contributed by atoms with Gasteiger partial charge >= 0.3 is 11.9 Å². The lowest BCUT2D eigenvalue weighted by Crippen LogP contribution is -2.40. The van der Waals surface area contributed by atoms with Crippen molar-refractivity contribution in [3.8, 4) is 6.19 Å². The van der Waals surface area contributed by atoms with Gasteiger partial charge < -0.3 is 34.6 Å². The third-order valence-electron chi connectivity index (χ3n) is 12.1. The molecule has 0 aliphatic carbocycles. The molecule has 11 heteroatoms. The molecule has 0 fully saturated rings. The maximum absolute atomic E-state index is 12.9. The minimum Gasteiger partial charge on any atom is -0.466 e. The number of aliphatic imine (C=N–C) groups is 1. The maximum Gasteiger partial charge on any atom is 0.306 e. The molecule has 64 heavy (non-hydrogen) atoms. The number of nitriles is 1. The number of esters is 2. The molecule has 0 rings (SSSR count). The molecule has 0 unspecified atom stereocenters. The van der Waals surface area contributed by atoms with Crippen molar-refractivity contribution in [1.82, 2.24) is 20.4 Å². The fourth-order valence-corrected chi connectivity index (χ4v) is 8.03. The number of nitrogens with one attached hydrogen (secondary N) is 2. The van der Waals surface area contributed by atoms with Gasteiger partial charge in [-0.2, -0.15) is 5.26 Å². The molecule has 0 aromatic carbocycles. The third kappa shape index (κ3) is 46.1. The van der Waals surface area contributed by atoms with Crippen LogP contribution in [0.4, 0.5) is 0 Å². The van der Waals surface area contributed by atoms with Crippen LogP contribution in [0.3, 0.4) is 0 Å². The van der Waals surface area contributed by atoms with Crippen LogP contribution in [0.15, 0.2) is 4.99 Å². The van der Waals surface area contributed by atoms with Crippen molar-refractivity contribution in [2.24, 2.45) is 4.99 Å². The molecule has 0 aliphatic rings. The number of carbonyl (C=O) groups is 2. The van der Waals surface area contributed by atoms with Gasteiger partial charge in [-0.3, -0.25) is 9.59 Å². The lowest BCUT2D eigenvalue weighted by Gasteiger charge is -2.23. The Hall–Kier alpha value is -2.42. The van der Waals surface area contributed by atoms with Gasteiger partial charge in [0.2, 0.25) is 12.2 Å². The number of unbranched alkanes of at least 4 members (excludes halogenated alkanes) is 24. The van der Waals surface area contributed by atoms with Gasteiger partial charge in [0.15, 0.2) is 0 Å². The Labute approximate surface area is 395 Å². The van der Waals surface area contributed by atoms with E-state index in [1.165, 1.54) is 109 Å². The van der Waals surface area contributed by atoms with E-state index in [0.717, 1.165) is 129 Å². The molecule has 2 N–H and O–H groups in total. The molecule has 0 aromatic heterocycles. The van der Waals surface area contributed by atoms with Crippen molar-refractivity contribution in [2.45, 2.75) is 245 Å². The highest BCUT2D eigenvalue weighted by atomic mass is 16.5. The number of rotatable bonds is 49. The lowest BCUT2D eigenvalue weighted by atomic mass is 10.0. The van der Waals surface area contributed by atoms with Crippen LogP contribution in [-0.2, 0) is 23.8 Å². The van der Waals surface area contributed by atoms with Gasteiger partial charge in [0.1, 0.15) is 6.10 Å². The highest BCUT2D eigenvalue weighted by Crippen LogP contribution is 2.19. The minimum absolute atomic E-state index is 0.00648. The van der Waals surface area contributed by atoms with Gasteiger partial charge in [0.25, 0.3) is 0 Å². The Morgan fingerprint density at radius 3 is 1.50 bits per heavy atom. The van der Waals surface area contributed by atoms with Crippen LogP contribution in [0.1, 0.15) is 239 Å². The second kappa shape index (κ2) is 50.0. The summed E-state index contributed by atoms with van der Waals surface area (Å²) in [6, 6.07) is 0. The monoisotopic (exact) mass is 905 g/mol. The first-order valence-electron chi connectivity index (χ1n) is 27.1. The number of likely N-dealkylation sites (N-methyl/N-ethyl adjacent to an activating group) is 1. The molecule has 0 atom stereocenters. The van der Waals surface area contributed by atoms with Gasteiger partial charge in [0, 0.05) is 32.5 Å². The first-order chi connectivity index (χ1) is 31.4. The van der Waals surface area contributed by atoms with Crippen LogP contribution in [0.25, 0.3) is 0 Å². The third-order valence-corrected chi connectivity index (χ3v) is 12.1. The average molecular weight is 905 g/mol. The number of nitrogens with zero attached hydrogens (tertiary/aromatic N) is 4. The maximum atomic E-state index is 12.9. The van der Waals surface area contributed by atoms with Gasteiger partial charge in [-0.15, -0.1) is 4.99 Å². The van der Waals surface area contributed by atoms with Gasteiger partial charge in [-0.1, -0.05) is 162 Å². The van der Waals surface area contributed by atoms with Crippen molar-refractivity contribution in [3.05, 3.63) is 0 Å². The van der Waals surface area contributed by atoms with E-state index < -0.39 is 0 Å². The summed E-state index contributed by atoms with van der Waals surface area (Å²) in [5.74, 6) is 0.470. The fourth-order valence-electron chi connectivity index (χ4n) is 8.03. The quantitative estimate of drug-likeness (QED) is 0.0200. The summed E-state index contributed by atoms with van der Waals surface area (Å²) < 4.78 is 17.2. The summed E-state index contributed by atoms with van der Waals surface area (Å²) in [7, 11) is 4.05. The second-order valence-corrected chi connectivity index (χ2v) is 18.6.